The summed E-state index contributed by atoms with van der Waals surface area (Å²) in [5.41, 5.74) is 24.1. The van der Waals surface area contributed by atoms with Gasteiger partial charge in [0.1, 0.15) is 12.4 Å². The molecule has 14 heteroatoms. The third kappa shape index (κ3) is 7.10. The van der Waals surface area contributed by atoms with E-state index >= 15 is 0 Å². The molecule has 0 aliphatic carbocycles. The van der Waals surface area contributed by atoms with E-state index < -0.39 is 26.9 Å². The van der Waals surface area contributed by atoms with Gasteiger partial charge in [0.2, 0.25) is 0 Å². The van der Waals surface area contributed by atoms with E-state index in [1.807, 2.05) is 20.8 Å². The van der Waals surface area contributed by atoms with Gasteiger partial charge in [0.05, 0.1) is 20.3 Å². The first kappa shape index (κ1) is 32.3. The highest BCUT2D eigenvalue weighted by atomic mass is 32.2. The summed E-state index contributed by atoms with van der Waals surface area (Å²) in [6, 6.07) is 15.7. The normalized spacial score (nSPS) is 12.3. The van der Waals surface area contributed by atoms with Crippen molar-refractivity contribution in [2.75, 3.05) is 27.4 Å². The minimum Gasteiger partial charge on any atom is -0.594 e. The highest BCUT2D eigenvalue weighted by Gasteiger charge is 2.34. The van der Waals surface area contributed by atoms with Gasteiger partial charge in [-0.1, -0.05) is 39.0 Å². The van der Waals surface area contributed by atoms with Crippen LogP contribution < -0.4 is 30.4 Å². The zero-order chi connectivity index (χ0) is 32.1. The smallest absolute Gasteiger partial charge is 0.374 e. The quantitative estimate of drug-likeness (QED) is 0.169. The van der Waals surface area contributed by atoms with E-state index in [1.54, 1.807) is 54.6 Å². The Hall–Kier alpha value is -4.66. The van der Waals surface area contributed by atoms with Gasteiger partial charge in [-0.2, -0.15) is 13.4 Å². The van der Waals surface area contributed by atoms with Crippen molar-refractivity contribution in [1.82, 2.24) is 15.0 Å². The number of pyridine rings is 1. The van der Waals surface area contributed by atoms with Crippen LogP contribution >= 0.6 is 0 Å². The first-order valence-corrected chi connectivity index (χ1v) is 15.0. The van der Waals surface area contributed by atoms with Crippen molar-refractivity contribution >= 4 is 15.8 Å². The Morgan fingerprint density at radius 2 is 1.64 bits per heavy atom. The lowest BCUT2D eigenvalue weighted by molar-refractivity contribution is -0.293. The number of hydrogen-bond donors (Lipinski definition) is 2. The maximum Gasteiger partial charge on any atom is 0.374 e. The van der Waals surface area contributed by atoms with Gasteiger partial charge in [0.15, 0.2) is 16.5 Å². The molecule has 0 fully saturated rings. The van der Waals surface area contributed by atoms with Crippen LogP contribution in [-0.2, 0) is 15.4 Å². The molecule has 0 aliphatic heterocycles. The SMILES string of the molecule is COc1ccc(-c2nc(OCC(N)CN)c(Oc3ccccc3OC)c([N+](=[N-])S(=O)(=O)c3ccc(C(C)(C)C)cn3)n2)cc1. The number of benzene rings is 2. The van der Waals surface area contributed by atoms with Crippen molar-refractivity contribution in [3.8, 4) is 40.3 Å². The van der Waals surface area contributed by atoms with E-state index in [4.69, 9.17) is 30.4 Å². The molecule has 2 aromatic carbocycles. The molecular formula is C30H35N7O6S. The monoisotopic (exact) mass is 621 g/mol. The van der Waals surface area contributed by atoms with Crippen LogP contribution in [0.3, 0.4) is 0 Å². The van der Waals surface area contributed by atoms with E-state index in [0.717, 1.165) is 5.56 Å². The van der Waals surface area contributed by atoms with Crippen LogP contribution in [0.5, 0.6) is 28.9 Å². The Morgan fingerprint density at radius 1 is 0.955 bits per heavy atom. The molecule has 4 rings (SSSR count). The summed E-state index contributed by atoms with van der Waals surface area (Å²) in [6.45, 7) is 5.90. The van der Waals surface area contributed by atoms with Crippen molar-refractivity contribution in [3.05, 3.63) is 78.0 Å². The summed E-state index contributed by atoms with van der Waals surface area (Å²) in [5.74, 6) is -0.00940. The molecule has 0 bridgehead atoms. The minimum atomic E-state index is -4.69. The van der Waals surface area contributed by atoms with Gasteiger partial charge in [-0.25, -0.2) is 9.09 Å². The summed E-state index contributed by atoms with van der Waals surface area (Å²) < 4.78 is 50.2. The van der Waals surface area contributed by atoms with Gasteiger partial charge in [0, 0.05) is 18.3 Å². The number of hydrogen-bond acceptors (Lipinski definition) is 11. The lowest BCUT2D eigenvalue weighted by Crippen LogP contribution is -2.35. The Labute approximate surface area is 256 Å². The fraction of sp³-hybridized carbons (Fsp3) is 0.300. The van der Waals surface area contributed by atoms with Crippen molar-refractivity contribution in [1.29, 1.82) is 0 Å². The molecule has 0 amide bonds. The third-order valence-corrected chi connectivity index (χ3v) is 7.86. The van der Waals surface area contributed by atoms with Crippen molar-refractivity contribution in [3.63, 3.8) is 0 Å². The number of rotatable bonds is 12. The van der Waals surface area contributed by atoms with Gasteiger partial charge in [-0.3, -0.25) is 0 Å². The maximum absolute atomic E-state index is 13.8. The Bertz CT molecular complexity index is 1720. The molecule has 0 aliphatic rings. The van der Waals surface area contributed by atoms with Crippen LogP contribution in [-0.4, -0.2) is 60.9 Å². The first-order chi connectivity index (χ1) is 20.9. The molecular weight excluding hydrogens is 586 g/mol. The predicted octanol–water partition coefficient (Wildman–Crippen LogP) is 4.36. The molecule has 2 aromatic heterocycles. The second-order valence-electron chi connectivity index (χ2n) is 10.7. The molecule has 13 nitrogen and oxygen atoms in total. The average molecular weight is 622 g/mol. The predicted molar refractivity (Wildman–Crippen MR) is 163 cm³/mol. The summed E-state index contributed by atoms with van der Waals surface area (Å²) in [6.07, 6.45) is 1.44. The topological polar surface area (TPSA) is 187 Å². The molecule has 0 radical (unpaired) electrons. The number of nitrogens with zero attached hydrogens (tertiary/aromatic N) is 5. The minimum absolute atomic E-state index is 0.0108. The fourth-order valence-electron chi connectivity index (χ4n) is 3.85. The molecule has 44 heavy (non-hydrogen) atoms. The number of para-hydroxylation sites is 2. The van der Waals surface area contributed by atoms with Gasteiger partial charge in [0.25, 0.3) is 17.5 Å². The van der Waals surface area contributed by atoms with Gasteiger partial charge >= 0.3 is 15.8 Å². The highest BCUT2D eigenvalue weighted by Crippen LogP contribution is 2.43. The summed E-state index contributed by atoms with van der Waals surface area (Å²) in [7, 11) is -1.72. The van der Waals surface area contributed by atoms with Crippen molar-refractivity contribution in [2.24, 2.45) is 11.5 Å². The van der Waals surface area contributed by atoms with Crippen LogP contribution in [0.4, 0.5) is 5.82 Å². The molecule has 1 atom stereocenters. The fourth-order valence-corrected chi connectivity index (χ4v) is 4.81. The van der Waals surface area contributed by atoms with Crippen molar-refractivity contribution < 1.29 is 31.5 Å². The average Bonchev–Trinajstić information content (AvgIpc) is 3.03. The zero-order valence-electron chi connectivity index (χ0n) is 25.1. The standard InChI is InChI=1S/C30H35N7O6S/c1-30(2,3)20-12-15-25(34-17-20)44(38,39)37(33)28-26(43-24-9-7-6-8-23(24)41-5)29(42-18-21(32)16-31)36-27(35-28)19-10-13-22(40-4)14-11-19/h6-15,17,21H,16,18,31-32H2,1-5H3. The van der Waals surface area contributed by atoms with Crippen molar-refractivity contribution in [2.45, 2.75) is 37.3 Å². The summed E-state index contributed by atoms with van der Waals surface area (Å²) >= 11 is 0. The largest absolute Gasteiger partial charge is 0.594 e. The Morgan fingerprint density at radius 3 is 2.20 bits per heavy atom. The number of ether oxygens (including phenoxy) is 4. The number of aromatic nitrogens is 3. The molecule has 1 unspecified atom stereocenters. The van der Waals surface area contributed by atoms with Crippen LogP contribution in [0.25, 0.3) is 16.9 Å². The maximum atomic E-state index is 13.8. The van der Waals surface area contributed by atoms with Crippen LogP contribution in [0.15, 0.2) is 71.9 Å². The van der Waals surface area contributed by atoms with Crippen LogP contribution in [0.2, 0.25) is 0 Å². The van der Waals surface area contributed by atoms with Gasteiger partial charge in [-0.05, 0) is 58.4 Å². The van der Waals surface area contributed by atoms with E-state index in [-0.39, 0.29) is 45.9 Å². The van der Waals surface area contributed by atoms with Crippen LogP contribution in [0, 0.1) is 0 Å². The number of nitrogens with two attached hydrogens (primary N) is 2. The molecule has 0 spiro atoms. The lowest BCUT2D eigenvalue weighted by atomic mass is 9.88. The third-order valence-electron chi connectivity index (χ3n) is 6.46. The molecule has 2 heterocycles. The summed E-state index contributed by atoms with van der Waals surface area (Å²) in [4.78, 5) is 13.1. The van der Waals surface area contributed by atoms with Gasteiger partial charge < -0.3 is 35.9 Å². The molecule has 4 aromatic rings. The lowest BCUT2D eigenvalue weighted by Gasteiger charge is -2.19. The molecule has 232 valence electrons. The van der Waals surface area contributed by atoms with Gasteiger partial charge in [-0.15, -0.1) is 0 Å². The van der Waals surface area contributed by atoms with E-state index in [1.165, 1.54) is 26.5 Å². The summed E-state index contributed by atoms with van der Waals surface area (Å²) in [5, 5.41) is -0.423. The molecule has 0 saturated carbocycles. The molecule has 0 saturated heterocycles. The zero-order valence-corrected chi connectivity index (χ0v) is 25.9. The van der Waals surface area contributed by atoms with E-state index in [9.17, 15) is 13.9 Å². The van der Waals surface area contributed by atoms with E-state index in [0.29, 0.717) is 17.1 Å². The second-order valence-corrected chi connectivity index (χ2v) is 12.4. The first-order valence-electron chi connectivity index (χ1n) is 13.6. The van der Waals surface area contributed by atoms with E-state index in [2.05, 4.69) is 15.0 Å². The highest BCUT2D eigenvalue weighted by molar-refractivity contribution is 7.85. The Balaban J connectivity index is 1.94. The second kappa shape index (κ2) is 13.3. The Kier molecular flexibility index (Phi) is 9.77. The molecule has 4 N–H and O–H groups in total. The number of methoxy groups -OCH3 is 2. The number of sulfonamides is 1. The van der Waals surface area contributed by atoms with Crippen LogP contribution in [0.1, 0.15) is 26.3 Å².